The molecule has 1 atom stereocenters. The highest BCUT2D eigenvalue weighted by molar-refractivity contribution is 7.89. The maximum Gasteiger partial charge on any atom is 0.241 e. The monoisotopic (exact) mass is 482 g/mol. The lowest BCUT2D eigenvalue weighted by atomic mass is 10.1. The summed E-state index contributed by atoms with van der Waals surface area (Å²) in [7, 11) is -3.68. The summed E-state index contributed by atoms with van der Waals surface area (Å²) in [5.74, 6) is -0.245. The van der Waals surface area contributed by atoms with Gasteiger partial charge in [0, 0.05) is 50.8 Å². The van der Waals surface area contributed by atoms with E-state index in [2.05, 4.69) is 19.5 Å². The van der Waals surface area contributed by atoms with Crippen LogP contribution in [0.3, 0.4) is 0 Å². The van der Waals surface area contributed by atoms with E-state index in [0.29, 0.717) is 4.90 Å². The van der Waals surface area contributed by atoms with Gasteiger partial charge in [-0.25, -0.2) is 17.5 Å². The van der Waals surface area contributed by atoms with Crippen LogP contribution in [0.25, 0.3) is 0 Å². The Morgan fingerprint density at radius 2 is 1.65 bits per heavy atom. The molecule has 34 heavy (non-hydrogen) atoms. The molecule has 1 saturated heterocycles. The van der Waals surface area contributed by atoms with Crippen LogP contribution in [-0.4, -0.2) is 51.0 Å². The van der Waals surface area contributed by atoms with Crippen LogP contribution in [0.1, 0.15) is 28.3 Å². The van der Waals surface area contributed by atoms with Gasteiger partial charge in [-0.1, -0.05) is 23.8 Å². The molecule has 0 spiro atoms. The first-order chi connectivity index (χ1) is 16.2. The quantitative estimate of drug-likeness (QED) is 0.552. The maximum absolute atomic E-state index is 13.3. The van der Waals surface area contributed by atoms with Gasteiger partial charge >= 0.3 is 0 Å². The van der Waals surface area contributed by atoms with Crippen molar-refractivity contribution in [2.24, 2.45) is 0 Å². The third-order valence-corrected chi connectivity index (χ3v) is 8.08. The van der Waals surface area contributed by atoms with Crippen molar-refractivity contribution >= 4 is 15.7 Å². The maximum atomic E-state index is 13.3. The number of anilines is 1. The van der Waals surface area contributed by atoms with Crippen molar-refractivity contribution in [1.82, 2.24) is 14.6 Å². The van der Waals surface area contributed by atoms with E-state index in [-0.39, 0.29) is 18.4 Å². The second kappa shape index (κ2) is 10.2. The molecule has 0 unspecified atom stereocenters. The predicted molar refractivity (Wildman–Crippen MR) is 133 cm³/mol. The summed E-state index contributed by atoms with van der Waals surface area (Å²) in [6.45, 7) is 8.92. The summed E-state index contributed by atoms with van der Waals surface area (Å²) >= 11 is 0. The molecule has 0 bridgehead atoms. The Kier molecular flexibility index (Phi) is 7.30. The van der Waals surface area contributed by atoms with Crippen LogP contribution >= 0.6 is 0 Å². The highest BCUT2D eigenvalue weighted by Crippen LogP contribution is 2.26. The lowest BCUT2D eigenvalue weighted by Crippen LogP contribution is -2.50. The van der Waals surface area contributed by atoms with Gasteiger partial charge in [0.15, 0.2) is 0 Å². The molecule has 6 nitrogen and oxygen atoms in total. The molecule has 0 radical (unpaired) electrons. The van der Waals surface area contributed by atoms with Crippen molar-refractivity contribution in [2.75, 3.05) is 37.6 Å². The Bertz CT molecular complexity index is 1200. The van der Waals surface area contributed by atoms with Gasteiger partial charge in [0.05, 0.1) is 10.9 Å². The number of piperazine rings is 1. The number of hydrogen-bond acceptors (Lipinski definition) is 5. The predicted octanol–water partition coefficient (Wildman–Crippen LogP) is 3.99. The van der Waals surface area contributed by atoms with Gasteiger partial charge in [-0.15, -0.1) is 0 Å². The fraction of sp³-hybridized carbons (Fsp3) is 0.346. The van der Waals surface area contributed by atoms with Crippen LogP contribution in [0.2, 0.25) is 0 Å². The first-order valence-corrected chi connectivity index (χ1v) is 12.9. The Labute approximate surface area is 201 Å². The van der Waals surface area contributed by atoms with E-state index in [1.165, 1.54) is 12.1 Å². The van der Waals surface area contributed by atoms with Crippen molar-refractivity contribution in [2.45, 2.75) is 31.7 Å². The van der Waals surface area contributed by atoms with Crippen molar-refractivity contribution in [3.05, 3.63) is 89.0 Å². The number of benzene rings is 2. The Balaban J connectivity index is 1.51. The molecule has 1 aliphatic heterocycles. The van der Waals surface area contributed by atoms with Crippen LogP contribution in [0.15, 0.2) is 65.8 Å². The number of nitrogens with zero attached hydrogens (tertiary/aromatic N) is 3. The van der Waals surface area contributed by atoms with E-state index in [1.54, 1.807) is 24.5 Å². The molecule has 3 aromatic rings. The number of sulfonamides is 1. The second-order valence-corrected chi connectivity index (χ2v) is 10.6. The minimum atomic E-state index is -3.68. The smallest absolute Gasteiger partial charge is 0.241 e. The molecular formula is C26H31FN4O2S. The lowest BCUT2D eigenvalue weighted by Gasteiger charge is -2.40. The van der Waals surface area contributed by atoms with Crippen LogP contribution in [0, 0.1) is 26.6 Å². The number of aryl methyl sites for hydroxylation is 3. The van der Waals surface area contributed by atoms with Crippen molar-refractivity contribution in [1.29, 1.82) is 0 Å². The molecule has 0 saturated carbocycles. The second-order valence-electron chi connectivity index (χ2n) is 8.88. The molecule has 8 heteroatoms. The highest BCUT2D eigenvalue weighted by atomic mass is 32.2. The van der Waals surface area contributed by atoms with Gasteiger partial charge in [-0.2, -0.15) is 0 Å². The molecule has 1 aromatic heterocycles. The van der Waals surface area contributed by atoms with Crippen LogP contribution < -0.4 is 9.62 Å². The largest absolute Gasteiger partial charge is 0.369 e. The molecule has 4 rings (SSSR count). The summed E-state index contributed by atoms with van der Waals surface area (Å²) in [5, 5.41) is 0. The molecule has 2 heterocycles. The van der Waals surface area contributed by atoms with E-state index in [0.717, 1.165) is 54.1 Å². The topological polar surface area (TPSA) is 65.5 Å². The average molecular weight is 483 g/mol. The SMILES string of the molecule is Cc1cc(C)c(S(=O)(=O)NC[C@H](c2cccnc2)N2CCN(c3ccc(F)cc3)CC2)c(C)c1. The number of pyridine rings is 1. The fourth-order valence-electron chi connectivity index (χ4n) is 4.83. The summed E-state index contributed by atoms with van der Waals surface area (Å²) in [6.07, 6.45) is 3.52. The first-order valence-electron chi connectivity index (χ1n) is 11.5. The third kappa shape index (κ3) is 5.46. The number of halogens is 1. The zero-order valence-corrected chi connectivity index (χ0v) is 20.6. The normalized spacial score (nSPS) is 15.9. The average Bonchev–Trinajstić information content (AvgIpc) is 2.80. The third-order valence-electron chi connectivity index (χ3n) is 6.36. The number of aromatic nitrogens is 1. The first kappa shape index (κ1) is 24.3. The highest BCUT2D eigenvalue weighted by Gasteiger charge is 2.28. The van der Waals surface area contributed by atoms with Gasteiger partial charge in [0.2, 0.25) is 10.0 Å². The molecule has 180 valence electrons. The molecule has 2 aromatic carbocycles. The Hall–Kier alpha value is -2.81. The van der Waals surface area contributed by atoms with Crippen molar-refractivity contribution in [3.8, 4) is 0 Å². The lowest BCUT2D eigenvalue weighted by molar-refractivity contribution is 0.186. The number of hydrogen-bond donors (Lipinski definition) is 1. The molecule has 1 N–H and O–H groups in total. The van der Waals surface area contributed by atoms with Gasteiger partial charge < -0.3 is 4.90 Å². The van der Waals surface area contributed by atoms with E-state index < -0.39 is 10.0 Å². The van der Waals surface area contributed by atoms with Gasteiger partial charge in [-0.3, -0.25) is 9.88 Å². The summed E-state index contributed by atoms with van der Waals surface area (Å²) in [5.41, 5.74) is 4.50. The minimum absolute atomic E-state index is 0.148. The van der Waals surface area contributed by atoms with E-state index in [9.17, 15) is 12.8 Å². The van der Waals surface area contributed by atoms with Crippen molar-refractivity contribution in [3.63, 3.8) is 0 Å². The number of rotatable bonds is 7. The zero-order valence-electron chi connectivity index (χ0n) is 19.8. The van der Waals surface area contributed by atoms with Gasteiger partial charge in [0.25, 0.3) is 0 Å². The van der Waals surface area contributed by atoms with E-state index >= 15 is 0 Å². The molecule has 0 aliphatic carbocycles. The Morgan fingerprint density at radius 1 is 1.00 bits per heavy atom. The van der Waals surface area contributed by atoms with Gasteiger partial charge in [-0.05, 0) is 67.8 Å². The molecular weight excluding hydrogens is 451 g/mol. The van der Waals surface area contributed by atoms with Crippen LogP contribution in [0.5, 0.6) is 0 Å². The zero-order chi connectivity index (χ0) is 24.3. The van der Waals surface area contributed by atoms with Crippen LogP contribution in [0.4, 0.5) is 10.1 Å². The standard InChI is InChI=1S/C26H31FN4O2S/c1-19-15-20(2)26(21(3)16-19)34(32,33)29-18-25(22-5-4-10-28-17-22)31-13-11-30(12-14-31)24-8-6-23(27)7-9-24/h4-10,15-17,25,29H,11-14,18H2,1-3H3/t25-/m1/s1. The fourth-order valence-corrected chi connectivity index (χ4v) is 6.31. The Morgan fingerprint density at radius 3 is 2.24 bits per heavy atom. The summed E-state index contributed by atoms with van der Waals surface area (Å²) < 4.78 is 42.7. The molecule has 1 fully saturated rings. The van der Waals surface area contributed by atoms with Crippen molar-refractivity contribution < 1.29 is 12.8 Å². The summed E-state index contributed by atoms with van der Waals surface area (Å²) in [4.78, 5) is 9.12. The minimum Gasteiger partial charge on any atom is -0.369 e. The molecule has 0 amide bonds. The van der Waals surface area contributed by atoms with E-state index in [1.807, 2.05) is 45.0 Å². The van der Waals surface area contributed by atoms with Crippen LogP contribution in [-0.2, 0) is 10.0 Å². The molecule has 1 aliphatic rings. The summed E-state index contributed by atoms with van der Waals surface area (Å²) in [6, 6.07) is 14.1. The van der Waals surface area contributed by atoms with Gasteiger partial charge in [0.1, 0.15) is 5.82 Å². The number of nitrogens with one attached hydrogen (secondary N) is 1. The van der Waals surface area contributed by atoms with E-state index in [4.69, 9.17) is 0 Å².